The molecule has 0 heterocycles. The van der Waals surface area contributed by atoms with Gasteiger partial charge in [0, 0.05) is 11.5 Å². The van der Waals surface area contributed by atoms with Crippen LogP contribution in [-0.2, 0) is 15.9 Å². The molecule has 96 valence electrons. The predicted molar refractivity (Wildman–Crippen MR) is 62.8 cm³/mol. The van der Waals surface area contributed by atoms with E-state index in [1.165, 1.54) is 12.1 Å². The average Bonchev–Trinajstić information content (AvgIpc) is 2.28. The van der Waals surface area contributed by atoms with Gasteiger partial charge < -0.3 is 0 Å². The summed E-state index contributed by atoms with van der Waals surface area (Å²) in [6.45, 7) is 3.50. The van der Waals surface area contributed by atoms with Crippen molar-refractivity contribution in [2.24, 2.45) is 4.36 Å². The van der Waals surface area contributed by atoms with E-state index < -0.39 is 21.5 Å². The van der Waals surface area contributed by atoms with Crippen molar-refractivity contribution in [1.82, 2.24) is 0 Å². The van der Waals surface area contributed by atoms with Crippen molar-refractivity contribution in [3.8, 4) is 0 Å². The highest BCUT2D eigenvalue weighted by atomic mass is 32.2. The Labute approximate surface area is 99.0 Å². The number of nitrogens with zero attached hydrogens (tertiary/aromatic N) is 1. The highest BCUT2D eigenvalue weighted by Gasteiger charge is 2.29. The zero-order valence-corrected chi connectivity index (χ0v) is 10.4. The van der Waals surface area contributed by atoms with Crippen LogP contribution < -0.4 is 0 Å². The lowest BCUT2D eigenvalue weighted by atomic mass is 10.2. The first-order chi connectivity index (χ1) is 7.80. The second-order valence-corrected chi connectivity index (χ2v) is 6.37. The van der Waals surface area contributed by atoms with E-state index in [1.54, 1.807) is 13.8 Å². The van der Waals surface area contributed by atoms with E-state index in [9.17, 15) is 17.4 Å². The molecular weight excluding hydrogens is 251 g/mol. The number of hydrogen-bond donors (Lipinski definition) is 0. The lowest BCUT2D eigenvalue weighted by Crippen LogP contribution is -2.05. The average molecular weight is 265 g/mol. The van der Waals surface area contributed by atoms with Crippen LogP contribution in [0.2, 0.25) is 0 Å². The molecule has 17 heavy (non-hydrogen) atoms. The minimum absolute atomic E-state index is 0.326. The van der Waals surface area contributed by atoms with Gasteiger partial charge in [-0.3, -0.25) is 0 Å². The highest BCUT2D eigenvalue weighted by Crippen LogP contribution is 2.30. The molecular formula is C11H14F3NOS. The standard InChI is InChI=1S/C11H14F3NOS/c1-3-17(16,4-2)15-10-7-5-9(6-8-10)11(12,13)14/h5-8H,3-4H2,1-2H3. The minimum Gasteiger partial charge on any atom is -0.249 e. The number of halogens is 3. The van der Waals surface area contributed by atoms with Gasteiger partial charge in [-0.2, -0.15) is 17.5 Å². The fourth-order valence-corrected chi connectivity index (χ4v) is 2.41. The second-order valence-electron chi connectivity index (χ2n) is 3.49. The fourth-order valence-electron chi connectivity index (χ4n) is 1.24. The van der Waals surface area contributed by atoms with Gasteiger partial charge in [-0.15, -0.1) is 0 Å². The number of benzene rings is 1. The largest absolute Gasteiger partial charge is 0.416 e. The van der Waals surface area contributed by atoms with Gasteiger partial charge in [0.1, 0.15) is 0 Å². The Morgan fingerprint density at radius 2 is 1.59 bits per heavy atom. The summed E-state index contributed by atoms with van der Waals surface area (Å²) >= 11 is 0. The lowest BCUT2D eigenvalue weighted by Gasteiger charge is -2.07. The van der Waals surface area contributed by atoms with Gasteiger partial charge in [-0.25, -0.2) is 4.21 Å². The quantitative estimate of drug-likeness (QED) is 0.816. The second kappa shape index (κ2) is 5.08. The molecule has 0 bridgehead atoms. The first kappa shape index (κ1) is 14.0. The molecule has 0 saturated heterocycles. The summed E-state index contributed by atoms with van der Waals surface area (Å²) in [5, 5.41) is 0. The van der Waals surface area contributed by atoms with Crippen LogP contribution in [-0.4, -0.2) is 15.7 Å². The number of alkyl halides is 3. The first-order valence-electron chi connectivity index (χ1n) is 5.20. The molecule has 0 spiro atoms. The van der Waals surface area contributed by atoms with Gasteiger partial charge >= 0.3 is 6.18 Å². The molecule has 1 rings (SSSR count). The molecule has 0 aliphatic heterocycles. The van der Waals surface area contributed by atoms with E-state index in [1.807, 2.05) is 0 Å². The summed E-state index contributed by atoms with van der Waals surface area (Å²) < 4.78 is 52.9. The van der Waals surface area contributed by atoms with E-state index in [4.69, 9.17) is 0 Å². The molecule has 0 aromatic heterocycles. The van der Waals surface area contributed by atoms with E-state index >= 15 is 0 Å². The Morgan fingerprint density at radius 3 is 1.94 bits per heavy atom. The molecule has 2 nitrogen and oxygen atoms in total. The third-order valence-corrected chi connectivity index (χ3v) is 4.72. The van der Waals surface area contributed by atoms with Gasteiger partial charge in [0.05, 0.1) is 21.0 Å². The molecule has 0 unspecified atom stereocenters. The van der Waals surface area contributed by atoms with Gasteiger partial charge in [0.15, 0.2) is 0 Å². The van der Waals surface area contributed by atoms with Crippen molar-refractivity contribution in [2.45, 2.75) is 20.0 Å². The first-order valence-corrected chi connectivity index (χ1v) is 7.06. The topological polar surface area (TPSA) is 29.4 Å². The molecule has 0 N–H and O–H groups in total. The Morgan fingerprint density at radius 1 is 1.12 bits per heavy atom. The van der Waals surface area contributed by atoms with Gasteiger partial charge in [0.25, 0.3) is 0 Å². The minimum atomic E-state index is -4.35. The van der Waals surface area contributed by atoms with Crippen LogP contribution in [0, 0.1) is 0 Å². The fraction of sp³-hybridized carbons (Fsp3) is 0.455. The molecule has 1 aromatic rings. The summed E-state index contributed by atoms with van der Waals surface area (Å²) in [7, 11) is -2.32. The maximum absolute atomic E-state index is 12.3. The van der Waals surface area contributed by atoms with Crippen LogP contribution in [0.1, 0.15) is 19.4 Å². The van der Waals surface area contributed by atoms with Crippen molar-refractivity contribution in [2.75, 3.05) is 11.5 Å². The summed E-state index contributed by atoms with van der Waals surface area (Å²) in [6.07, 6.45) is -4.35. The third kappa shape index (κ3) is 3.73. The number of rotatable bonds is 3. The molecule has 6 heteroatoms. The van der Waals surface area contributed by atoms with E-state index in [0.717, 1.165) is 12.1 Å². The van der Waals surface area contributed by atoms with E-state index in [2.05, 4.69) is 4.36 Å². The number of hydrogen-bond acceptors (Lipinski definition) is 2. The Kier molecular flexibility index (Phi) is 4.19. The molecule has 0 aliphatic carbocycles. The van der Waals surface area contributed by atoms with E-state index in [-0.39, 0.29) is 0 Å². The van der Waals surface area contributed by atoms with Crippen molar-refractivity contribution in [1.29, 1.82) is 0 Å². The Hall–Kier alpha value is -1.04. The summed E-state index contributed by atoms with van der Waals surface area (Å²) in [6, 6.07) is 4.38. The summed E-state index contributed by atoms with van der Waals surface area (Å²) in [5.41, 5.74) is -0.400. The molecule has 1 aromatic carbocycles. The van der Waals surface area contributed by atoms with Crippen molar-refractivity contribution < 1.29 is 17.4 Å². The van der Waals surface area contributed by atoms with Crippen LogP contribution in [0.15, 0.2) is 28.6 Å². The highest BCUT2D eigenvalue weighted by molar-refractivity contribution is 7.93. The van der Waals surface area contributed by atoms with Crippen molar-refractivity contribution in [3.63, 3.8) is 0 Å². The Bertz CT molecular complexity index is 474. The SMILES string of the molecule is CCS(=O)(CC)=Nc1ccc(C(F)(F)F)cc1. The van der Waals surface area contributed by atoms with Crippen molar-refractivity contribution >= 4 is 15.4 Å². The smallest absolute Gasteiger partial charge is 0.249 e. The molecule has 0 aliphatic rings. The zero-order valence-electron chi connectivity index (χ0n) is 9.62. The van der Waals surface area contributed by atoms with Crippen LogP contribution in [0.4, 0.5) is 18.9 Å². The van der Waals surface area contributed by atoms with Gasteiger partial charge in [0.2, 0.25) is 0 Å². The summed E-state index contributed by atoms with van der Waals surface area (Å²) in [5.74, 6) is 0.787. The monoisotopic (exact) mass is 265 g/mol. The summed E-state index contributed by atoms with van der Waals surface area (Å²) in [4.78, 5) is 0. The molecule has 0 saturated carbocycles. The molecule has 0 atom stereocenters. The van der Waals surface area contributed by atoms with E-state index in [0.29, 0.717) is 17.2 Å². The van der Waals surface area contributed by atoms with Crippen LogP contribution in [0.5, 0.6) is 0 Å². The van der Waals surface area contributed by atoms with Crippen molar-refractivity contribution in [3.05, 3.63) is 29.8 Å². The van der Waals surface area contributed by atoms with Crippen LogP contribution in [0.3, 0.4) is 0 Å². The van der Waals surface area contributed by atoms with Crippen LogP contribution >= 0.6 is 0 Å². The van der Waals surface area contributed by atoms with Gasteiger partial charge in [-0.05, 0) is 24.3 Å². The predicted octanol–water partition coefficient (Wildman–Crippen LogP) is 3.84. The van der Waals surface area contributed by atoms with Gasteiger partial charge in [-0.1, -0.05) is 13.8 Å². The molecule has 0 fully saturated rings. The molecule has 0 radical (unpaired) electrons. The maximum Gasteiger partial charge on any atom is 0.416 e. The van der Waals surface area contributed by atoms with Crippen LogP contribution in [0.25, 0.3) is 0 Å². The maximum atomic E-state index is 12.3. The molecule has 0 amide bonds. The zero-order chi connectivity index (χ0) is 13.1. The normalized spacial score (nSPS) is 12.5. The third-order valence-electron chi connectivity index (χ3n) is 2.37. The Balaban J connectivity index is 3.09. The lowest BCUT2D eigenvalue weighted by molar-refractivity contribution is -0.137.